The first-order chi connectivity index (χ1) is 11.5. The molecular weight excluding hydrogens is 315 g/mol. The number of rotatable bonds is 1. The molecule has 1 saturated heterocycles. The second-order valence-electron chi connectivity index (χ2n) is 6.13. The van der Waals surface area contributed by atoms with Crippen LogP contribution in [0.5, 0.6) is 0 Å². The number of fused-ring (bicyclic) bond motifs is 1. The van der Waals surface area contributed by atoms with E-state index in [2.05, 4.69) is 10.3 Å². The van der Waals surface area contributed by atoms with E-state index in [0.717, 1.165) is 4.57 Å². The Hall–Kier alpha value is -2.44. The number of nitrogens with two attached hydrogens (primary N) is 1. The Balaban J connectivity index is 2.37. The van der Waals surface area contributed by atoms with Crippen molar-refractivity contribution in [1.82, 2.24) is 14.9 Å². The van der Waals surface area contributed by atoms with Crippen LogP contribution in [0.4, 0.5) is 5.69 Å². The normalized spacial score (nSPS) is 19.8. The molecule has 1 aliphatic heterocycles. The second kappa shape index (κ2) is 5.54. The van der Waals surface area contributed by atoms with Gasteiger partial charge < -0.3 is 5.73 Å². The number of nitrogens with one attached hydrogen (secondary N) is 1. The van der Waals surface area contributed by atoms with Gasteiger partial charge in [-0.2, -0.15) is 0 Å². The number of hydrogen-bond acceptors (Lipinski definition) is 5. The smallest absolute Gasteiger partial charge is 0.264 e. The maximum absolute atomic E-state index is 13.0. The Kier molecular flexibility index (Phi) is 3.85. The van der Waals surface area contributed by atoms with Gasteiger partial charge in [-0.15, -0.1) is 0 Å². The molecule has 1 aromatic carbocycles. The van der Waals surface area contributed by atoms with E-state index in [-0.39, 0.29) is 39.8 Å². The highest BCUT2D eigenvalue weighted by atomic mass is 16.2. The SMILES string of the molecule is [B]c1cc(N)c2c(=O)n(C3C(=O)NC(=O)CC3([B])[B])c(C)nc2c1[B]. The van der Waals surface area contributed by atoms with Crippen molar-refractivity contribution in [2.24, 2.45) is 0 Å². The third-order valence-electron chi connectivity index (χ3n) is 4.20. The zero-order chi connectivity index (χ0) is 18.7. The molecule has 3 rings (SSSR count). The summed E-state index contributed by atoms with van der Waals surface area (Å²) in [6.45, 7) is 1.49. The minimum absolute atomic E-state index is 0.00204. The van der Waals surface area contributed by atoms with Gasteiger partial charge in [-0.1, -0.05) is 16.1 Å². The average Bonchev–Trinajstić information content (AvgIpc) is 2.45. The molecule has 1 aliphatic rings. The summed E-state index contributed by atoms with van der Waals surface area (Å²) < 4.78 is 1.02. The third-order valence-corrected chi connectivity index (χ3v) is 4.20. The van der Waals surface area contributed by atoms with E-state index in [1.165, 1.54) is 13.0 Å². The highest BCUT2D eigenvalue weighted by Crippen LogP contribution is 2.38. The number of aromatic nitrogens is 2. The van der Waals surface area contributed by atoms with Crippen molar-refractivity contribution in [3.8, 4) is 0 Å². The van der Waals surface area contributed by atoms with Gasteiger partial charge in [0.05, 0.1) is 26.6 Å². The highest BCUT2D eigenvalue weighted by Gasteiger charge is 2.43. The lowest BCUT2D eigenvalue weighted by atomic mass is 9.47. The number of aryl methyl sites for hydroxylation is 1. The third kappa shape index (κ3) is 2.58. The molecule has 1 atom stereocenters. The van der Waals surface area contributed by atoms with Crippen molar-refractivity contribution in [1.29, 1.82) is 0 Å². The topological polar surface area (TPSA) is 107 Å². The summed E-state index contributed by atoms with van der Waals surface area (Å²) in [5.41, 5.74) is 5.71. The Morgan fingerprint density at radius 2 is 1.96 bits per heavy atom. The monoisotopic (exact) mass is 326 g/mol. The first-order valence-corrected chi connectivity index (χ1v) is 7.32. The van der Waals surface area contributed by atoms with Crippen LogP contribution in [0, 0.1) is 6.92 Å². The van der Waals surface area contributed by atoms with Gasteiger partial charge in [-0.05, 0) is 13.0 Å². The zero-order valence-electron chi connectivity index (χ0n) is 13.4. The second-order valence-corrected chi connectivity index (χ2v) is 6.13. The Bertz CT molecular complexity index is 1000. The number of piperidine rings is 1. The maximum Gasteiger partial charge on any atom is 0.264 e. The van der Waals surface area contributed by atoms with Crippen LogP contribution in [0.3, 0.4) is 0 Å². The predicted molar refractivity (Wildman–Crippen MR) is 96.9 cm³/mol. The average molecular weight is 326 g/mol. The predicted octanol–water partition coefficient (Wildman–Crippen LogP) is -3.08. The molecule has 1 unspecified atom stereocenters. The highest BCUT2D eigenvalue weighted by molar-refractivity contribution is 6.52. The lowest BCUT2D eigenvalue weighted by Gasteiger charge is -2.39. The van der Waals surface area contributed by atoms with Gasteiger partial charge >= 0.3 is 0 Å². The molecule has 116 valence electrons. The zero-order valence-corrected chi connectivity index (χ0v) is 13.4. The van der Waals surface area contributed by atoms with E-state index in [0.29, 0.717) is 0 Å². The van der Waals surface area contributed by atoms with Crippen LogP contribution in [0.2, 0.25) is 5.21 Å². The minimum Gasteiger partial charge on any atom is -0.398 e. The van der Waals surface area contributed by atoms with Gasteiger partial charge in [0.1, 0.15) is 27.6 Å². The van der Waals surface area contributed by atoms with Gasteiger partial charge in [0.25, 0.3) is 5.56 Å². The Labute approximate surface area is 148 Å². The number of hydrogen-bond donors (Lipinski definition) is 2. The van der Waals surface area contributed by atoms with Crippen LogP contribution in [0.25, 0.3) is 10.9 Å². The molecule has 1 fully saturated rings. The molecular formula is C14H10B4N4O3. The van der Waals surface area contributed by atoms with E-state index in [1.54, 1.807) is 0 Å². The van der Waals surface area contributed by atoms with E-state index >= 15 is 0 Å². The number of carbonyl (C=O) groups excluding carboxylic acids is 2. The fourth-order valence-electron chi connectivity index (χ4n) is 3.08. The Morgan fingerprint density at radius 3 is 2.56 bits per heavy atom. The van der Waals surface area contributed by atoms with Gasteiger partial charge in [0.2, 0.25) is 11.8 Å². The van der Waals surface area contributed by atoms with Crippen molar-refractivity contribution < 1.29 is 9.59 Å². The number of benzene rings is 1. The van der Waals surface area contributed by atoms with E-state index in [1.807, 2.05) is 0 Å². The molecule has 8 radical (unpaired) electrons. The summed E-state index contributed by atoms with van der Waals surface area (Å²) in [6.07, 6.45) is -0.341. The summed E-state index contributed by atoms with van der Waals surface area (Å²) in [5.74, 6) is -1.29. The van der Waals surface area contributed by atoms with Crippen LogP contribution < -0.4 is 27.5 Å². The largest absolute Gasteiger partial charge is 0.398 e. The Morgan fingerprint density at radius 1 is 1.32 bits per heavy atom. The molecule has 3 N–H and O–H groups in total. The molecule has 2 heterocycles. The fourth-order valence-corrected chi connectivity index (χ4v) is 3.08. The molecule has 0 aliphatic carbocycles. The van der Waals surface area contributed by atoms with Crippen LogP contribution in [0.15, 0.2) is 10.9 Å². The van der Waals surface area contributed by atoms with Crippen molar-refractivity contribution in [3.05, 3.63) is 22.2 Å². The number of nitrogens with zero attached hydrogens (tertiary/aromatic N) is 2. The lowest BCUT2D eigenvalue weighted by molar-refractivity contribution is -0.136. The maximum atomic E-state index is 13.0. The lowest BCUT2D eigenvalue weighted by Crippen LogP contribution is -2.53. The van der Waals surface area contributed by atoms with E-state index < -0.39 is 28.6 Å². The van der Waals surface area contributed by atoms with Crippen molar-refractivity contribution in [2.45, 2.75) is 24.6 Å². The molecule has 7 nitrogen and oxygen atoms in total. The molecule has 0 saturated carbocycles. The van der Waals surface area contributed by atoms with Gasteiger partial charge in [0, 0.05) is 12.1 Å². The summed E-state index contributed by atoms with van der Waals surface area (Å²) >= 11 is 0. The number of nitrogen functional groups attached to an aromatic ring is 1. The van der Waals surface area contributed by atoms with Gasteiger partial charge in [-0.25, -0.2) is 4.98 Å². The number of carbonyl (C=O) groups is 2. The minimum atomic E-state index is -1.77. The molecule has 2 aromatic rings. The number of amides is 2. The molecule has 25 heavy (non-hydrogen) atoms. The van der Waals surface area contributed by atoms with Crippen LogP contribution in [-0.4, -0.2) is 52.8 Å². The van der Waals surface area contributed by atoms with Crippen molar-refractivity contribution in [2.75, 3.05) is 5.73 Å². The van der Waals surface area contributed by atoms with Crippen LogP contribution in [-0.2, 0) is 9.59 Å². The summed E-state index contributed by atoms with van der Waals surface area (Å²) in [7, 11) is 23.5. The summed E-state index contributed by atoms with van der Waals surface area (Å²) in [5, 5.41) is 0.351. The number of anilines is 1. The first kappa shape index (κ1) is 17.4. The van der Waals surface area contributed by atoms with Gasteiger partial charge in [-0.3, -0.25) is 24.3 Å². The first-order valence-electron chi connectivity index (χ1n) is 7.32. The molecule has 0 bridgehead atoms. The molecule has 2 amide bonds. The summed E-state index contributed by atoms with van der Waals surface area (Å²) in [4.78, 5) is 41.1. The molecule has 0 spiro atoms. The van der Waals surface area contributed by atoms with E-state index in [4.69, 9.17) is 37.1 Å². The van der Waals surface area contributed by atoms with Gasteiger partial charge in [0.15, 0.2) is 0 Å². The number of imide groups is 1. The summed E-state index contributed by atoms with van der Waals surface area (Å²) in [6, 6.07) is -0.00368. The van der Waals surface area contributed by atoms with Crippen molar-refractivity contribution >= 4 is 70.7 Å². The van der Waals surface area contributed by atoms with E-state index in [9.17, 15) is 14.4 Å². The quantitative estimate of drug-likeness (QED) is 0.328. The van der Waals surface area contributed by atoms with Crippen molar-refractivity contribution in [3.63, 3.8) is 0 Å². The molecule has 1 aromatic heterocycles. The standard InChI is InChI=1S/C14H10B4N4O3/c1-4-20-10-8(6(19)2-5(15)9(10)16)13(25)22(4)11-12(24)21-7(23)3-14(11,17)18/h2,11H,3,19H2,1H3,(H,21,23,24). The van der Waals surface area contributed by atoms with Crippen LogP contribution in [0.1, 0.15) is 18.3 Å². The molecule has 11 heteroatoms. The fraction of sp³-hybridized carbons (Fsp3) is 0.286. The van der Waals surface area contributed by atoms with Crippen LogP contribution >= 0.6 is 0 Å².